The quantitative estimate of drug-likeness (QED) is 0.632. The van der Waals surface area contributed by atoms with Crippen molar-refractivity contribution in [3.63, 3.8) is 0 Å². The molecular weight excluding hydrogens is 431 g/mol. The molecule has 2 aromatic carbocycles. The minimum atomic E-state index is -3.50. The first kappa shape index (κ1) is 21.8. The maximum atomic E-state index is 12.8. The van der Waals surface area contributed by atoms with E-state index in [2.05, 4.69) is 5.32 Å². The molecule has 3 rings (SSSR count). The van der Waals surface area contributed by atoms with Gasteiger partial charge in [0, 0.05) is 34.9 Å². The fourth-order valence-electron chi connectivity index (χ4n) is 3.13. The van der Waals surface area contributed by atoms with Gasteiger partial charge in [-0.1, -0.05) is 42.1 Å². The van der Waals surface area contributed by atoms with Crippen molar-refractivity contribution in [3.8, 4) is 0 Å². The first-order valence-electron chi connectivity index (χ1n) is 9.40. The average Bonchev–Trinajstić information content (AvgIpc) is 2.98. The van der Waals surface area contributed by atoms with Crippen molar-refractivity contribution in [2.24, 2.45) is 0 Å². The lowest BCUT2D eigenvalue weighted by Gasteiger charge is -2.20. The lowest BCUT2D eigenvalue weighted by Crippen LogP contribution is -2.31. The van der Waals surface area contributed by atoms with Gasteiger partial charge in [0.15, 0.2) is 0 Å². The van der Waals surface area contributed by atoms with Crippen LogP contribution in [0.1, 0.15) is 31.2 Å². The SMILES string of the molecule is O=C(/C=C/c1ccc(Cl)cc1Cl)Nc1ccc(S(=O)(=O)N2CCCCCC2)cc1. The number of hydrogen-bond donors (Lipinski definition) is 1. The number of nitrogens with one attached hydrogen (secondary N) is 1. The van der Waals surface area contributed by atoms with E-state index >= 15 is 0 Å². The van der Waals surface area contributed by atoms with Crippen LogP contribution in [0.15, 0.2) is 53.4 Å². The van der Waals surface area contributed by atoms with E-state index in [9.17, 15) is 13.2 Å². The first-order valence-corrected chi connectivity index (χ1v) is 11.6. The Balaban J connectivity index is 1.65. The zero-order valence-corrected chi connectivity index (χ0v) is 18.1. The highest BCUT2D eigenvalue weighted by Crippen LogP contribution is 2.23. The van der Waals surface area contributed by atoms with Crippen molar-refractivity contribution >= 4 is 50.9 Å². The molecule has 0 unspecified atom stereocenters. The van der Waals surface area contributed by atoms with Gasteiger partial charge in [-0.15, -0.1) is 0 Å². The lowest BCUT2D eigenvalue weighted by atomic mass is 10.2. The van der Waals surface area contributed by atoms with Gasteiger partial charge in [-0.05, 0) is 60.9 Å². The molecule has 29 heavy (non-hydrogen) atoms. The van der Waals surface area contributed by atoms with Gasteiger partial charge in [0.05, 0.1) is 4.90 Å². The Hall–Kier alpha value is -1.86. The number of halogens is 2. The number of carbonyl (C=O) groups excluding carboxylic acids is 1. The molecule has 0 aliphatic carbocycles. The van der Waals surface area contributed by atoms with Crippen LogP contribution in [0.4, 0.5) is 5.69 Å². The van der Waals surface area contributed by atoms with Crippen LogP contribution in [0.5, 0.6) is 0 Å². The summed E-state index contributed by atoms with van der Waals surface area (Å²) in [7, 11) is -3.50. The summed E-state index contributed by atoms with van der Waals surface area (Å²) in [5.41, 5.74) is 1.18. The second kappa shape index (κ2) is 9.76. The predicted molar refractivity (Wildman–Crippen MR) is 118 cm³/mol. The summed E-state index contributed by atoms with van der Waals surface area (Å²) in [6.07, 6.45) is 6.84. The predicted octanol–water partition coefficient (Wildman–Crippen LogP) is 5.21. The van der Waals surface area contributed by atoms with Crippen molar-refractivity contribution in [2.75, 3.05) is 18.4 Å². The van der Waals surface area contributed by atoms with Gasteiger partial charge in [-0.3, -0.25) is 4.79 Å². The molecule has 1 aliphatic rings. The zero-order valence-electron chi connectivity index (χ0n) is 15.8. The van der Waals surface area contributed by atoms with E-state index in [1.54, 1.807) is 40.7 Å². The Morgan fingerprint density at radius 2 is 1.62 bits per heavy atom. The number of anilines is 1. The molecule has 1 saturated heterocycles. The van der Waals surface area contributed by atoms with Gasteiger partial charge in [0.2, 0.25) is 15.9 Å². The molecule has 1 aliphatic heterocycles. The van der Waals surface area contributed by atoms with E-state index in [1.807, 2.05) is 0 Å². The van der Waals surface area contributed by atoms with Crippen LogP contribution in [0.3, 0.4) is 0 Å². The molecule has 1 fully saturated rings. The van der Waals surface area contributed by atoms with Crippen LogP contribution in [0, 0.1) is 0 Å². The zero-order chi connectivity index (χ0) is 20.9. The molecule has 0 saturated carbocycles. The number of carbonyl (C=O) groups is 1. The van der Waals surface area contributed by atoms with Gasteiger partial charge in [0.25, 0.3) is 0 Å². The normalized spacial score (nSPS) is 15.9. The molecule has 0 radical (unpaired) electrons. The fraction of sp³-hybridized carbons (Fsp3) is 0.286. The van der Waals surface area contributed by atoms with Crippen LogP contribution in [0.25, 0.3) is 6.08 Å². The summed E-state index contributed by atoms with van der Waals surface area (Å²) in [5.74, 6) is -0.348. The average molecular weight is 453 g/mol. The van der Waals surface area contributed by atoms with E-state index in [4.69, 9.17) is 23.2 Å². The summed E-state index contributed by atoms with van der Waals surface area (Å²) >= 11 is 11.9. The number of amides is 1. The van der Waals surface area contributed by atoms with Crippen LogP contribution < -0.4 is 5.32 Å². The van der Waals surface area contributed by atoms with E-state index in [0.29, 0.717) is 34.4 Å². The van der Waals surface area contributed by atoms with Crippen molar-refractivity contribution in [2.45, 2.75) is 30.6 Å². The highest BCUT2D eigenvalue weighted by molar-refractivity contribution is 7.89. The first-order chi connectivity index (χ1) is 13.9. The number of nitrogens with zero attached hydrogens (tertiary/aromatic N) is 1. The Bertz CT molecular complexity index is 997. The minimum absolute atomic E-state index is 0.237. The third kappa shape index (κ3) is 5.82. The smallest absolute Gasteiger partial charge is 0.248 e. The topological polar surface area (TPSA) is 66.5 Å². The molecule has 1 N–H and O–H groups in total. The number of hydrogen-bond acceptors (Lipinski definition) is 3. The molecule has 8 heteroatoms. The maximum absolute atomic E-state index is 12.8. The summed E-state index contributed by atoms with van der Waals surface area (Å²) in [6.45, 7) is 1.11. The van der Waals surface area contributed by atoms with E-state index < -0.39 is 10.0 Å². The van der Waals surface area contributed by atoms with Crippen molar-refractivity contribution < 1.29 is 13.2 Å². The molecule has 1 heterocycles. The second-order valence-electron chi connectivity index (χ2n) is 6.83. The highest BCUT2D eigenvalue weighted by Gasteiger charge is 2.24. The number of benzene rings is 2. The highest BCUT2D eigenvalue weighted by atomic mass is 35.5. The van der Waals surface area contributed by atoms with Crippen LogP contribution in [-0.4, -0.2) is 31.7 Å². The lowest BCUT2D eigenvalue weighted by molar-refractivity contribution is -0.111. The largest absolute Gasteiger partial charge is 0.323 e. The summed E-state index contributed by atoms with van der Waals surface area (Å²) < 4.78 is 27.1. The van der Waals surface area contributed by atoms with Gasteiger partial charge in [-0.25, -0.2) is 8.42 Å². The maximum Gasteiger partial charge on any atom is 0.248 e. The monoisotopic (exact) mass is 452 g/mol. The number of rotatable bonds is 5. The number of sulfonamides is 1. The summed E-state index contributed by atoms with van der Waals surface area (Å²) in [6, 6.07) is 11.2. The Labute approximate surface area is 181 Å². The standard InChI is InChI=1S/C21H22Cl2N2O3S/c22-17-7-5-16(20(23)15-17)6-12-21(26)24-18-8-10-19(11-9-18)29(27,28)25-13-3-1-2-4-14-25/h5-12,15H,1-4,13-14H2,(H,24,26)/b12-6+. The molecule has 0 bridgehead atoms. The third-order valence-corrected chi connectivity index (χ3v) is 7.18. The molecular formula is C21H22Cl2N2O3S. The molecule has 5 nitrogen and oxygen atoms in total. The fourth-order valence-corrected chi connectivity index (χ4v) is 5.12. The van der Waals surface area contributed by atoms with Gasteiger partial charge < -0.3 is 5.32 Å². The Morgan fingerprint density at radius 3 is 2.24 bits per heavy atom. The molecule has 0 spiro atoms. The molecule has 0 atom stereocenters. The Kier molecular flexibility index (Phi) is 7.35. The van der Waals surface area contributed by atoms with Crippen molar-refractivity contribution in [1.82, 2.24) is 4.31 Å². The van der Waals surface area contributed by atoms with Gasteiger partial charge in [0.1, 0.15) is 0 Å². The second-order valence-corrected chi connectivity index (χ2v) is 9.61. The van der Waals surface area contributed by atoms with Crippen LogP contribution in [-0.2, 0) is 14.8 Å². The van der Waals surface area contributed by atoms with Gasteiger partial charge in [-0.2, -0.15) is 4.31 Å². The van der Waals surface area contributed by atoms with Crippen LogP contribution in [0.2, 0.25) is 10.0 Å². The molecule has 1 amide bonds. The van der Waals surface area contributed by atoms with Crippen molar-refractivity contribution in [1.29, 1.82) is 0 Å². The summed E-state index contributed by atoms with van der Waals surface area (Å²) in [4.78, 5) is 12.4. The Morgan fingerprint density at radius 1 is 0.966 bits per heavy atom. The molecule has 154 valence electrons. The van der Waals surface area contributed by atoms with Crippen molar-refractivity contribution in [3.05, 3.63) is 64.1 Å². The molecule has 2 aromatic rings. The van der Waals surface area contributed by atoms with Gasteiger partial charge >= 0.3 is 0 Å². The minimum Gasteiger partial charge on any atom is -0.323 e. The third-order valence-electron chi connectivity index (χ3n) is 4.70. The van der Waals surface area contributed by atoms with E-state index in [0.717, 1.165) is 25.7 Å². The molecule has 0 aromatic heterocycles. The summed E-state index contributed by atoms with van der Waals surface area (Å²) in [5, 5.41) is 3.68. The van der Waals surface area contributed by atoms with E-state index in [1.165, 1.54) is 18.2 Å². The van der Waals surface area contributed by atoms with E-state index in [-0.39, 0.29) is 10.8 Å². The van der Waals surface area contributed by atoms with Crippen LogP contribution >= 0.6 is 23.2 Å².